The third kappa shape index (κ3) is 20.4. The predicted molar refractivity (Wildman–Crippen MR) is 202 cm³/mol. The number of nitrogens with one attached hydrogen (secondary N) is 3. The van der Waals surface area contributed by atoms with Crippen LogP contribution in [0.3, 0.4) is 0 Å². The highest BCUT2D eigenvalue weighted by atomic mass is 32.1. The minimum absolute atomic E-state index is 0.0834. The number of ketones is 1. The number of isothiocyanates is 1. The van der Waals surface area contributed by atoms with Crippen molar-refractivity contribution in [3.8, 4) is 0 Å². The molecule has 1 aromatic rings. The van der Waals surface area contributed by atoms with Crippen molar-refractivity contribution in [1.82, 2.24) is 30.2 Å². The summed E-state index contributed by atoms with van der Waals surface area (Å²) < 4.78 is 0. The van der Waals surface area contributed by atoms with Crippen molar-refractivity contribution >= 4 is 81.7 Å². The number of aliphatic carboxylic acids is 4. The van der Waals surface area contributed by atoms with Crippen molar-refractivity contribution in [2.75, 3.05) is 90.4 Å². The Labute approximate surface area is 318 Å². The molecule has 0 aliphatic carbocycles. The number of amides is 1. The maximum Gasteiger partial charge on any atom is 0.326 e. The van der Waals surface area contributed by atoms with E-state index >= 15 is 0 Å². The molecule has 1 saturated heterocycles. The van der Waals surface area contributed by atoms with Gasteiger partial charge in [0.05, 0.1) is 37.0 Å². The first-order chi connectivity index (χ1) is 25.2. The first kappa shape index (κ1) is 44.7. The summed E-state index contributed by atoms with van der Waals surface area (Å²) in [6.07, 6.45) is 0.826. The second-order valence-electron chi connectivity index (χ2n) is 12.4. The Kier molecular flexibility index (Phi) is 20.9. The van der Waals surface area contributed by atoms with Gasteiger partial charge in [-0.3, -0.25) is 43.6 Å². The van der Waals surface area contributed by atoms with E-state index in [2.05, 4.69) is 38.3 Å². The molecule has 1 aliphatic rings. The molecule has 7 N–H and O–H groups in total. The summed E-state index contributed by atoms with van der Waals surface area (Å²) in [6, 6.07) is 5.92. The molecular formula is C33H48N8O10S2. The average molecular weight is 781 g/mol. The minimum Gasteiger partial charge on any atom is -0.480 e. The molecule has 0 bridgehead atoms. The molecule has 0 aromatic heterocycles. The van der Waals surface area contributed by atoms with E-state index in [1.807, 2.05) is 0 Å². The van der Waals surface area contributed by atoms with Crippen LogP contribution in [0.25, 0.3) is 0 Å². The van der Waals surface area contributed by atoms with Crippen LogP contribution in [0.15, 0.2) is 29.3 Å². The third-order valence-corrected chi connectivity index (χ3v) is 8.51. The topological polar surface area (TPSA) is 245 Å². The largest absolute Gasteiger partial charge is 0.480 e. The van der Waals surface area contributed by atoms with Gasteiger partial charge in [0.15, 0.2) is 5.11 Å². The number of benzene rings is 1. The Bertz CT molecular complexity index is 1430. The Morgan fingerprint density at radius 1 is 0.717 bits per heavy atom. The van der Waals surface area contributed by atoms with E-state index in [1.165, 1.54) is 0 Å². The molecule has 1 atom stereocenters. The number of carboxylic acids is 4. The molecule has 0 spiro atoms. The second-order valence-corrected chi connectivity index (χ2v) is 13.0. The average Bonchev–Trinajstić information content (AvgIpc) is 3.08. The van der Waals surface area contributed by atoms with Gasteiger partial charge in [0.1, 0.15) is 11.8 Å². The standard InChI is InChI=1S/C33H48N8O10S2/c42-26(19-38-11-13-39(20-29(44)45)15-17-41(22-31(48)49)18-16-40(14-12-38)21-30(46)47)8-9-28(43)37-27(32(50)51)3-1-2-10-34-33(53)36-25-6-4-24(5-7-25)35-23-52/h4-7,27H,1-3,8-22H2,(H,37,43)(H,44,45)(H,46,47)(H,48,49)(H,50,51)(H2,34,36,53)/t27-/m0/s1. The van der Waals surface area contributed by atoms with Crippen LogP contribution in [0.5, 0.6) is 0 Å². The number of hydrogen-bond acceptors (Lipinski definition) is 13. The second kappa shape index (κ2) is 24.7. The monoisotopic (exact) mass is 780 g/mol. The Morgan fingerprint density at radius 3 is 1.62 bits per heavy atom. The molecule has 0 radical (unpaired) electrons. The molecule has 1 amide bonds. The molecule has 1 fully saturated rings. The summed E-state index contributed by atoms with van der Waals surface area (Å²) >= 11 is 9.88. The number of nitrogens with zero attached hydrogens (tertiary/aromatic N) is 5. The Hall–Kier alpha value is -4.43. The Balaban J connectivity index is 1.85. The fourth-order valence-corrected chi connectivity index (χ4v) is 5.74. The van der Waals surface area contributed by atoms with E-state index in [4.69, 9.17) is 12.2 Å². The van der Waals surface area contributed by atoms with E-state index in [-0.39, 0.29) is 104 Å². The third-order valence-electron chi connectivity index (χ3n) is 8.18. The van der Waals surface area contributed by atoms with Crippen LogP contribution in [0, 0.1) is 0 Å². The number of carbonyl (C=O) groups is 6. The first-order valence-electron chi connectivity index (χ1n) is 17.1. The first-order valence-corrected chi connectivity index (χ1v) is 17.9. The van der Waals surface area contributed by atoms with Crippen molar-refractivity contribution in [3.63, 3.8) is 0 Å². The lowest BCUT2D eigenvalue weighted by Gasteiger charge is -2.32. The molecule has 2 rings (SSSR count). The smallest absolute Gasteiger partial charge is 0.326 e. The van der Waals surface area contributed by atoms with E-state index in [0.717, 1.165) is 5.69 Å². The van der Waals surface area contributed by atoms with E-state index in [1.54, 1.807) is 43.9 Å². The number of carbonyl (C=O) groups excluding carboxylic acids is 2. The van der Waals surface area contributed by atoms with Crippen LogP contribution in [0.2, 0.25) is 0 Å². The summed E-state index contributed by atoms with van der Waals surface area (Å²) in [5.41, 5.74) is 1.40. The van der Waals surface area contributed by atoms with Crippen molar-refractivity contribution < 1.29 is 49.2 Å². The molecule has 20 heteroatoms. The summed E-state index contributed by atoms with van der Waals surface area (Å²) in [7, 11) is 0. The van der Waals surface area contributed by atoms with Crippen LogP contribution in [0.1, 0.15) is 32.1 Å². The number of thiocarbonyl (C=S) groups is 2. The highest BCUT2D eigenvalue weighted by molar-refractivity contribution is 7.80. The summed E-state index contributed by atoms with van der Waals surface area (Å²) in [5, 5.41) is 49.0. The lowest BCUT2D eigenvalue weighted by molar-refractivity contribution is -0.142. The number of rotatable bonds is 20. The summed E-state index contributed by atoms with van der Waals surface area (Å²) in [5.74, 6) is -5.26. The number of aliphatic imine (C=N–C) groups is 1. The number of Topliss-reactive ketones (excluding diaryl/α,β-unsaturated/α-hetero) is 1. The highest BCUT2D eigenvalue weighted by Gasteiger charge is 2.23. The van der Waals surface area contributed by atoms with Gasteiger partial charge in [-0.05, 0) is 68.0 Å². The highest BCUT2D eigenvalue weighted by Crippen LogP contribution is 2.15. The van der Waals surface area contributed by atoms with Crippen molar-refractivity contribution in [3.05, 3.63) is 24.3 Å². The number of carboxylic acid groups (broad SMARTS) is 4. The van der Waals surface area contributed by atoms with Gasteiger partial charge in [0.2, 0.25) is 5.91 Å². The summed E-state index contributed by atoms with van der Waals surface area (Å²) in [4.78, 5) is 82.4. The Morgan fingerprint density at radius 2 is 1.19 bits per heavy atom. The molecule has 292 valence electrons. The van der Waals surface area contributed by atoms with E-state index in [0.29, 0.717) is 30.2 Å². The van der Waals surface area contributed by atoms with Crippen LogP contribution in [0.4, 0.5) is 11.4 Å². The molecule has 53 heavy (non-hydrogen) atoms. The molecule has 0 saturated carbocycles. The fourth-order valence-electron chi connectivity index (χ4n) is 5.41. The molecule has 1 aromatic carbocycles. The van der Waals surface area contributed by atoms with E-state index < -0.39 is 35.8 Å². The number of anilines is 1. The van der Waals surface area contributed by atoms with Crippen LogP contribution >= 0.6 is 24.4 Å². The molecule has 18 nitrogen and oxygen atoms in total. The van der Waals surface area contributed by atoms with Gasteiger partial charge in [0, 0.05) is 77.4 Å². The number of hydrogen-bond donors (Lipinski definition) is 7. The van der Waals surface area contributed by atoms with Crippen molar-refractivity contribution in [1.29, 1.82) is 0 Å². The van der Waals surface area contributed by atoms with Gasteiger partial charge in [-0.1, -0.05) is 0 Å². The van der Waals surface area contributed by atoms with Gasteiger partial charge >= 0.3 is 23.9 Å². The quantitative estimate of drug-likeness (QED) is 0.0533. The number of unbranched alkanes of at least 4 members (excludes halogenated alkanes) is 1. The molecular weight excluding hydrogens is 733 g/mol. The van der Waals surface area contributed by atoms with Crippen molar-refractivity contribution in [2.45, 2.75) is 38.1 Å². The minimum atomic E-state index is -1.20. The lowest BCUT2D eigenvalue weighted by atomic mass is 10.1. The zero-order valence-corrected chi connectivity index (χ0v) is 31.0. The SMILES string of the molecule is O=C(O)CN1CCN(CC(=O)O)CCN(CC(=O)CCC(=O)N[C@@H](CCCCNC(=S)Nc2ccc(N=C=S)cc2)C(=O)O)CCN(CC(=O)O)CC1. The van der Waals surface area contributed by atoms with Gasteiger partial charge in [0.25, 0.3) is 0 Å². The zero-order valence-electron chi connectivity index (χ0n) is 29.4. The molecule has 0 unspecified atom stereocenters. The molecule has 1 aliphatic heterocycles. The van der Waals surface area contributed by atoms with Crippen LogP contribution in [-0.4, -0.2) is 177 Å². The van der Waals surface area contributed by atoms with Gasteiger partial charge in [-0.2, -0.15) is 4.99 Å². The molecule has 1 heterocycles. The normalized spacial score (nSPS) is 15.8. The van der Waals surface area contributed by atoms with Gasteiger partial charge < -0.3 is 36.4 Å². The van der Waals surface area contributed by atoms with Crippen LogP contribution < -0.4 is 16.0 Å². The predicted octanol–water partition coefficient (Wildman–Crippen LogP) is 0.272. The lowest BCUT2D eigenvalue weighted by Crippen LogP contribution is -2.49. The maximum absolute atomic E-state index is 13.0. The maximum atomic E-state index is 13.0. The van der Waals surface area contributed by atoms with Crippen LogP contribution in [-0.2, 0) is 28.8 Å². The van der Waals surface area contributed by atoms with E-state index in [9.17, 15) is 49.2 Å². The van der Waals surface area contributed by atoms with Gasteiger partial charge in [-0.15, -0.1) is 0 Å². The summed E-state index contributed by atoms with van der Waals surface area (Å²) in [6.45, 7) is 1.53. The zero-order chi connectivity index (χ0) is 39.2. The van der Waals surface area contributed by atoms with Gasteiger partial charge in [-0.25, -0.2) is 4.79 Å². The van der Waals surface area contributed by atoms with Crippen molar-refractivity contribution in [2.24, 2.45) is 4.99 Å². The fraction of sp³-hybridized carbons (Fsp3) is 0.576.